The molecule has 0 radical (unpaired) electrons. The molecule has 1 nitrogen and oxygen atoms in total. The molecule has 0 N–H and O–H groups in total. The summed E-state index contributed by atoms with van der Waals surface area (Å²) in [6.45, 7) is 7.43. The maximum atomic E-state index is 3.91. The van der Waals surface area contributed by atoms with Gasteiger partial charge in [0.05, 0.1) is 0 Å². The lowest BCUT2D eigenvalue weighted by Crippen LogP contribution is -2.23. The molecule has 1 rings (SSSR count). The van der Waals surface area contributed by atoms with Gasteiger partial charge in [-0.15, -0.1) is 0 Å². The molecular weight excluding hydrogens is 206 g/mol. The summed E-state index contributed by atoms with van der Waals surface area (Å²) in [6, 6.07) is 0.813. The van der Waals surface area contributed by atoms with E-state index in [-0.39, 0.29) is 0 Å². The van der Waals surface area contributed by atoms with Crippen LogP contribution in [0.15, 0.2) is 12.8 Å². The van der Waals surface area contributed by atoms with Crippen LogP contribution >= 0.6 is 0 Å². The van der Waals surface area contributed by atoms with Crippen molar-refractivity contribution in [2.45, 2.75) is 83.6 Å². The molecule has 0 aromatic rings. The maximum absolute atomic E-state index is 3.91. The third-order valence-electron chi connectivity index (χ3n) is 4.05. The predicted octanol–water partition coefficient (Wildman–Crippen LogP) is 5.13. The zero-order valence-electron chi connectivity index (χ0n) is 11.8. The van der Waals surface area contributed by atoms with Crippen LogP contribution in [0, 0.1) is 0 Å². The number of rotatable bonds is 10. The first kappa shape index (κ1) is 14.6. The standard InChI is InChI=1S/C16H31N/c1-3-5-6-7-8-9-10-11-13-16-14-12-15-17(16)4-2/h4,16H,2-3,5-15H2,1H3. The molecule has 1 unspecified atom stereocenters. The molecule has 0 aromatic heterocycles. The second kappa shape index (κ2) is 9.56. The minimum atomic E-state index is 0.813. The predicted molar refractivity (Wildman–Crippen MR) is 77.2 cm³/mol. The third kappa shape index (κ3) is 6.14. The molecule has 0 amide bonds. The quantitative estimate of drug-likeness (QED) is 0.476. The van der Waals surface area contributed by atoms with E-state index in [0.29, 0.717) is 0 Å². The van der Waals surface area contributed by atoms with E-state index in [1.807, 2.05) is 6.20 Å². The van der Waals surface area contributed by atoms with E-state index in [4.69, 9.17) is 0 Å². The van der Waals surface area contributed by atoms with Crippen molar-refractivity contribution < 1.29 is 0 Å². The monoisotopic (exact) mass is 237 g/mol. The largest absolute Gasteiger partial charge is 0.375 e. The summed E-state index contributed by atoms with van der Waals surface area (Å²) >= 11 is 0. The van der Waals surface area contributed by atoms with Gasteiger partial charge in [-0.05, 0) is 25.5 Å². The van der Waals surface area contributed by atoms with Crippen molar-refractivity contribution in [1.29, 1.82) is 0 Å². The van der Waals surface area contributed by atoms with Gasteiger partial charge in [0.25, 0.3) is 0 Å². The first-order chi connectivity index (χ1) is 8.38. The summed E-state index contributed by atoms with van der Waals surface area (Å²) < 4.78 is 0. The molecule has 0 bridgehead atoms. The van der Waals surface area contributed by atoms with Crippen molar-refractivity contribution in [3.8, 4) is 0 Å². The Morgan fingerprint density at radius 3 is 2.35 bits per heavy atom. The highest BCUT2D eigenvalue weighted by atomic mass is 15.2. The fourth-order valence-electron chi connectivity index (χ4n) is 2.92. The highest BCUT2D eigenvalue weighted by Crippen LogP contribution is 2.22. The molecule has 0 aromatic carbocycles. The Balaban J connectivity index is 1.88. The number of hydrogen-bond donors (Lipinski definition) is 0. The fraction of sp³-hybridized carbons (Fsp3) is 0.875. The van der Waals surface area contributed by atoms with Crippen molar-refractivity contribution >= 4 is 0 Å². The molecular formula is C16H31N. The molecule has 1 heterocycles. The zero-order valence-corrected chi connectivity index (χ0v) is 11.8. The smallest absolute Gasteiger partial charge is 0.0284 e. The molecule has 0 saturated carbocycles. The summed E-state index contributed by atoms with van der Waals surface area (Å²) in [5, 5.41) is 0. The molecule has 17 heavy (non-hydrogen) atoms. The average Bonchev–Trinajstić information content (AvgIpc) is 2.80. The van der Waals surface area contributed by atoms with Crippen molar-refractivity contribution in [1.82, 2.24) is 4.90 Å². The second-order valence-electron chi connectivity index (χ2n) is 5.48. The maximum Gasteiger partial charge on any atom is 0.0284 e. The Hall–Kier alpha value is -0.460. The molecule has 1 saturated heterocycles. The number of likely N-dealkylation sites (tertiary alicyclic amines) is 1. The zero-order chi connectivity index (χ0) is 12.3. The molecule has 1 atom stereocenters. The first-order valence-electron chi connectivity index (χ1n) is 7.76. The minimum Gasteiger partial charge on any atom is -0.375 e. The summed E-state index contributed by atoms with van der Waals surface area (Å²) in [7, 11) is 0. The van der Waals surface area contributed by atoms with Gasteiger partial charge in [-0.1, -0.05) is 64.9 Å². The molecule has 1 aliphatic rings. The van der Waals surface area contributed by atoms with Crippen LogP contribution in [-0.4, -0.2) is 17.5 Å². The highest BCUT2D eigenvalue weighted by molar-refractivity contribution is 4.85. The van der Waals surface area contributed by atoms with Gasteiger partial charge in [0, 0.05) is 12.6 Å². The molecule has 0 spiro atoms. The van der Waals surface area contributed by atoms with Crippen LogP contribution in [0.5, 0.6) is 0 Å². The van der Waals surface area contributed by atoms with E-state index in [1.165, 1.54) is 77.2 Å². The van der Waals surface area contributed by atoms with Gasteiger partial charge in [0.15, 0.2) is 0 Å². The summed E-state index contributed by atoms with van der Waals surface area (Å²) in [5.74, 6) is 0. The van der Waals surface area contributed by atoms with Crippen LogP contribution in [0.3, 0.4) is 0 Å². The topological polar surface area (TPSA) is 3.24 Å². The Labute approximate surface area is 108 Å². The number of nitrogens with zero attached hydrogens (tertiary/aromatic N) is 1. The van der Waals surface area contributed by atoms with Crippen molar-refractivity contribution in [3.05, 3.63) is 12.8 Å². The Kier molecular flexibility index (Phi) is 8.21. The summed E-state index contributed by atoms with van der Waals surface area (Å²) in [4.78, 5) is 2.45. The van der Waals surface area contributed by atoms with Crippen molar-refractivity contribution in [2.24, 2.45) is 0 Å². The molecule has 1 heteroatoms. The number of hydrogen-bond acceptors (Lipinski definition) is 1. The van der Waals surface area contributed by atoms with E-state index < -0.39 is 0 Å². The molecule has 100 valence electrons. The lowest BCUT2D eigenvalue weighted by Gasteiger charge is -2.22. The van der Waals surface area contributed by atoms with Crippen LogP contribution in [0.4, 0.5) is 0 Å². The van der Waals surface area contributed by atoms with E-state index in [0.717, 1.165) is 6.04 Å². The normalized spacial score (nSPS) is 19.8. The van der Waals surface area contributed by atoms with Crippen LogP contribution in [0.2, 0.25) is 0 Å². The van der Waals surface area contributed by atoms with Crippen LogP contribution in [0.1, 0.15) is 77.6 Å². The Morgan fingerprint density at radius 2 is 1.71 bits per heavy atom. The van der Waals surface area contributed by atoms with Crippen LogP contribution in [0.25, 0.3) is 0 Å². The van der Waals surface area contributed by atoms with E-state index >= 15 is 0 Å². The van der Waals surface area contributed by atoms with E-state index in [2.05, 4.69) is 18.4 Å². The average molecular weight is 237 g/mol. The third-order valence-corrected chi connectivity index (χ3v) is 4.05. The van der Waals surface area contributed by atoms with Gasteiger partial charge in [-0.2, -0.15) is 0 Å². The summed E-state index contributed by atoms with van der Waals surface area (Å²) in [6.07, 6.45) is 17.6. The van der Waals surface area contributed by atoms with Gasteiger partial charge in [-0.3, -0.25) is 0 Å². The molecule has 1 fully saturated rings. The lowest BCUT2D eigenvalue weighted by atomic mass is 10.0. The molecule has 1 aliphatic heterocycles. The van der Waals surface area contributed by atoms with Crippen LogP contribution < -0.4 is 0 Å². The van der Waals surface area contributed by atoms with E-state index in [1.54, 1.807) is 0 Å². The van der Waals surface area contributed by atoms with Gasteiger partial charge >= 0.3 is 0 Å². The van der Waals surface area contributed by atoms with Gasteiger partial charge in [0.1, 0.15) is 0 Å². The lowest BCUT2D eigenvalue weighted by molar-refractivity contribution is 0.323. The number of unbranched alkanes of at least 4 members (excludes halogenated alkanes) is 7. The molecule has 0 aliphatic carbocycles. The summed E-state index contributed by atoms with van der Waals surface area (Å²) in [5.41, 5.74) is 0. The Morgan fingerprint density at radius 1 is 1.06 bits per heavy atom. The second-order valence-corrected chi connectivity index (χ2v) is 5.48. The van der Waals surface area contributed by atoms with Crippen LogP contribution in [-0.2, 0) is 0 Å². The fourth-order valence-corrected chi connectivity index (χ4v) is 2.92. The van der Waals surface area contributed by atoms with Gasteiger partial charge < -0.3 is 4.90 Å². The van der Waals surface area contributed by atoms with Crippen molar-refractivity contribution in [2.75, 3.05) is 6.54 Å². The highest BCUT2D eigenvalue weighted by Gasteiger charge is 2.20. The van der Waals surface area contributed by atoms with E-state index in [9.17, 15) is 0 Å². The van der Waals surface area contributed by atoms with Gasteiger partial charge in [0.2, 0.25) is 0 Å². The Bertz CT molecular complexity index is 188. The van der Waals surface area contributed by atoms with Crippen molar-refractivity contribution in [3.63, 3.8) is 0 Å². The van der Waals surface area contributed by atoms with Gasteiger partial charge in [-0.25, -0.2) is 0 Å². The first-order valence-corrected chi connectivity index (χ1v) is 7.76. The SMILES string of the molecule is C=CN1CCCC1CCCCCCCCCC. The minimum absolute atomic E-state index is 0.813.